The van der Waals surface area contributed by atoms with Crippen LogP contribution in [0.2, 0.25) is 0 Å². The first kappa shape index (κ1) is 62.3. The van der Waals surface area contributed by atoms with Gasteiger partial charge in [-0.3, -0.25) is 9.59 Å². The molecule has 0 aliphatic heterocycles. The molecule has 0 spiro atoms. The van der Waals surface area contributed by atoms with Gasteiger partial charge in [-0.05, 0) is 77.0 Å². The number of rotatable bonds is 53. The Morgan fingerprint density at radius 1 is 0.422 bits per heavy atom. The SMILES string of the molecule is CCCCCCCC/C=C\CCCCCCCCCCCC(=O)OCCCCCC/C=C\CCCCCCCCCC(=O)NC(CO)C(O)CCCCCCCCCCCCCCC. The molecule has 0 aromatic heterocycles. The van der Waals surface area contributed by atoms with Crippen LogP contribution in [0.25, 0.3) is 0 Å². The number of aliphatic hydroxyl groups excluding tert-OH is 2. The molecule has 64 heavy (non-hydrogen) atoms. The smallest absolute Gasteiger partial charge is 0.305 e. The molecule has 0 fully saturated rings. The van der Waals surface area contributed by atoms with Crippen molar-refractivity contribution in [3.8, 4) is 0 Å². The maximum Gasteiger partial charge on any atom is 0.305 e. The highest BCUT2D eigenvalue weighted by molar-refractivity contribution is 5.76. The van der Waals surface area contributed by atoms with Crippen molar-refractivity contribution in [1.82, 2.24) is 5.32 Å². The van der Waals surface area contributed by atoms with Gasteiger partial charge in [0.05, 0.1) is 25.4 Å². The zero-order valence-corrected chi connectivity index (χ0v) is 43.0. The number of hydrogen-bond donors (Lipinski definition) is 3. The van der Waals surface area contributed by atoms with E-state index in [4.69, 9.17) is 4.74 Å². The molecule has 2 atom stereocenters. The Labute approximate surface area is 399 Å². The predicted molar refractivity (Wildman–Crippen MR) is 278 cm³/mol. The number of carbonyl (C=O) groups is 2. The van der Waals surface area contributed by atoms with Crippen LogP contribution in [0.5, 0.6) is 0 Å². The van der Waals surface area contributed by atoms with E-state index >= 15 is 0 Å². The number of hydrogen-bond acceptors (Lipinski definition) is 5. The van der Waals surface area contributed by atoms with Crippen LogP contribution < -0.4 is 5.32 Å². The number of amides is 1. The van der Waals surface area contributed by atoms with Crippen LogP contribution in [-0.2, 0) is 14.3 Å². The van der Waals surface area contributed by atoms with Crippen molar-refractivity contribution in [2.45, 2.75) is 321 Å². The number of nitrogens with one attached hydrogen (secondary N) is 1. The fourth-order valence-electron chi connectivity index (χ4n) is 8.81. The lowest BCUT2D eigenvalue weighted by Crippen LogP contribution is -2.45. The molecule has 0 bridgehead atoms. The molecule has 0 aliphatic carbocycles. The molecular formula is C58H111NO5. The summed E-state index contributed by atoms with van der Waals surface area (Å²) in [6.07, 6.45) is 64.5. The Morgan fingerprint density at radius 2 is 0.734 bits per heavy atom. The van der Waals surface area contributed by atoms with Gasteiger partial charge in [-0.2, -0.15) is 0 Å². The summed E-state index contributed by atoms with van der Waals surface area (Å²) in [4.78, 5) is 24.5. The fraction of sp³-hybridized carbons (Fsp3) is 0.897. The van der Waals surface area contributed by atoms with Crippen LogP contribution in [0.15, 0.2) is 24.3 Å². The molecule has 1 amide bonds. The van der Waals surface area contributed by atoms with E-state index in [-0.39, 0.29) is 18.5 Å². The number of esters is 1. The third-order valence-electron chi connectivity index (χ3n) is 13.2. The van der Waals surface area contributed by atoms with E-state index in [1.165, 1.54) is 205 Å². The average Bonchev–Trinajstić information content (AvgIpc) is 3.29. The summed E-state index contributed by atoms with van der Waals surface area (Å²) in [6.45, 7) is 4.92. The Morgan fingerprint density at radius 3 is 1.11 bits per heavy atom. The van der Waals surface area contributed by atoms with Crippen molar-refractivity contribution in [2.75, 3.05) is 13.2 Å². The van der Waals surface area contributed by atoms with Gasteiger partial charge in [-0.15, -0.1) is 0 Å². The highest BCUT2D eigenvalue weighted by Crippen LogP contribution is 2.17. The Balaban J connectivity index is 3.44. The van der Waals surface area contributed by atoms with Crippen LogP contribution in [0.3, 0.4) is 0 Å². The second kappa shape index (κ2) is 54.0. The number of ether oxygens (including phenoxy) is 1. The van der Waals surface area contributed by atoms with Crippen LogP contribution in [0.4, 0.5) is 0 Å². The Kier molecular flexibility index (Phi) is 52.6. The quantitative estimate of drug-likeness (QED) is 0.0321. The summed E-state index contributed by atoms with van der Waals surface area (Å²) < 4.78 is 5.47. The molecule has 0 aromatic rings. The maximum absolute atomic E-state index is 12.4. The molecule has 0 saturated heterocycles. The first-order chi connectivity index (χ1) is 31.5. The highest BCUT2D eigenvalue weighted by atomic mass is 16.5. The molecular weight excluding hydrogens is 791 g/mol. The van der Waals surface area contributed by atoms with Crippen molar-refractivity contribution in [2.24, 2.45) is 0 Å². The molecule has 6 heteroatoms. The van der Waals surface area contributed by atoms with Crippen LogP contribution in [0.1, 0.15) is 309 Å². The normalized spacial score (nSPS) is 12.8. The molecule has 0 aliphatic rings. The molecule has 2 unspecified atom stereocenters. The van der Waals surface area contributed by atoms with Crippen LogP contribution in [-0.4, -0.2) is 47.4 Å². The van der Waals surface area contributed by atoms with E-state index in [2.05, 4.69) is 43.5 Å². The number of carbonyl (C=O) groups excluding carboxylic acids is 2. The van der Waals surface area contributed by atoms with Crippen molar-refractivity contribution < 1.29 is 24.5 Å². The second-order valence-electron chi connectivity index (χ2n) is 19.6. The highest BCUT2D eigenvalue weighted by Gasteiger charge is 2.20. The van der Waals surface area contributed by atoms with Crippen LogP contribution in [0, 0.1) is 0 Å². The van der Waals surface area contributed by atoms with Gasteiger partial charge in [0.15, 0.2) is 0 Å². The molecule has 3 N–H and O–H groups in total. The van der Waals surface area contributed by atoms with E-state index in [0.29, 0.717) is 25.9 Å². The maximum atomic E-state index is 12.4. The summed E-state index contributed by atoms with van der Waals surface area (Å²) in [6, 6.07) is -0.552. The van der Waals surface area contributed by atoms with Crippen molar-refractivity contribution >= 4 is 11.9 Å². The monoisotopic (exact) mass is 902 g/mol. The summed E-state index contributed by atoms with van der Waals surface area (Å²) in [5.74, 6) is -0.0602. The minimum atomic E-state index is -0.673. The van der Waals surface area contributed by atoms with E-state index in [1.54, 1.807) is 0 Å². The summed E-state index contributed by atoms with van der Waals surface area (Å²) >= 11 is 0. The van der Waals surface area contributed by atoms with E-state index in [0.717, 1.165) is 70.6 Å². The van der Waals surface area contributed by atoms with Gasteiger partial charge in [0.2, 0.25) is 5.91 Å². The Hall–Kier alpha value is -1.66. The molecule has 0 radical (unpaired) electrons. The zero-order chi connectivity index (χ0) is 46.5. The fourth-order valence-corrected chi connectivity index (χ4v) is 8.81. The molecule has 378 valence electrons. The number of allylic oxidation sites excluding steroid dienone is 4. The minimum Gasteiger partial charge on any atom is -0.466 e. The van der Waals surface area contributed by atoms with Gasteiger partial charge in [0, 0.05) is 12.8 Å². The summed E-state index contributed by atoms with van der Waals surface area (Å²) in [5, 5.41) is 23.2. The van der Waals surface area contributed by atoms with Gasteiger partial charge in [0.1, 0.15) is 0 Å². The molecule has 0 aromatic carbocycles. The van der Waals surface area contributed by atoms with Crippen molar-refractivity contribution in [3.05, 3.63) is 24.3 Å². The first-order valence-corrected chi connectivity index (χ1v) is 28.6. The van der Waals surface area contributed by atoms with Crippen LogP contribution >= 0.6 is 0 Å². The molecule has 0 heterocycles. The van der Waals surface area contributed by atoms with Gasteiger partial charge < -0.3 is 20.3 Å². The van der Waals surface area contributed by atoms with Crippen molar-refractivity contribution in [1.29, 1.82) is 0 Å². The molecule has 0 saturated carbocycles. The Bertz CT molecular complexity index is 997. The average molecular weight is 903 g/mol. The van der Waals surface area contributed by atoms with Gasteiger partial charge >= 0.3 is 5.97 Å². The number of aliphatic hydroxyl groups is 2. The third-order valence-corrected chi connectivity index (χ3v) is 13.2. The van der Waals surface area contributed by atoms with Gasteiger partial charge in [0.25, 0.3) is 0 Å². The third kappa shape index (κ3) is 49.8. The first-order valence-electron chi connectivity index (χ1n) is 28.6. The standard InChI is InChI=1S/C58H111NO5/c1-3-5-7-9-11-13-15-17-18-19-20-21-24-28-32-36-40-44-48-52-58(63)64-53-49-45-41-37-33-29-25-22-23-27-31-35-39-43-47-51-57(62)59-55(54-60)56(61)50-46-42-38-34-30-26-16-14-12-10-8-6-4-2/h17-18,25,29,55-56,60-61H,3-16,19-24,26-28,30-54H2,1-2H3,(H,59,62)/b18-17-,29-25-. The van der Waals surface area contributed by atoms with Crippen molar-refractivity contribution in [3.63, 3.8) is 0 Å². The van der Waals surface area contributed by atoms with E-state index in [1.807, 2.05) is 0 Å². The number of unbranched alkanes of at least 4 members (excludes halogenated alkanes) is 38. The lowest BCUT2D eigenvalue weighted by Gasteiger charge is -2.22. The lowest BCUT2D eigenvalue weighted by molar-refractivity contribution is -0.143. The summed E-state index contributed by atoms with van der Waals surface area (Å²) in [7, 11) is 0. The predicted octanol–water partition coefficient (Wildman–Crippen LogP) is 17.5. The topological polar surface area (TPSA) is 95.9 Å². The van der Waals surface area contributed by atoms with E-state index in [9.17, 15) is 19.8 Å². The molecule has 6 nitrogen and oxygen atoms in total. The minimum absolute atomic E-state index is 0.0103. The zero-order valence-electron chi connectivity index (χ0n) is 43.0. The summed E-state index contributed by atoms with van der Waals surface area (Å²) in [5.41, 5.74) is 0. The van der Waals surface area contributed by atoms with Gasteiger partial charge in [-0.25, -0.2) is 0 Å². The lowest BCUT2D eigenvalue weighted by atomic mass is 10.0. The molecule has 0 rings (SSSR count). The second-order valence-corrected chi connectivity index (χ2v) is 19.6. The van der Waals surface area contributed by atoms with E-state index < -0.39 is 12.1 Å². The van der Waals surface area contributed by atoms with Gasteiger partial charge in [-0.1, -0.05) is 244 Å². The largest absolute Gasteiger partial charge is 0.466 e.